The summed E-state index contributed by atoms with van der Waals surface area (Å²) in [6.45, 7) is 2.74. The van der Waals surface area contributed by atoms with Crippen molar-refractivity contribution in [2.75, 3.05) is 32.1 Å². The molecule has 0 unspecified atom stereocenters. The number of nitrogens with zero attached hydrogens (tertiary/aromatic N) is 3. The molecule has 0 aliphatic carbocycles. The zero-order valence-electron chi connectivity index (χ0n) is 15.2. The molecule has 0 radical (unpaired) electrons. The van der Waals surface area contributed by atoms with Crippen LogP contribution in [0.4, 0.5) is 0 Å². The van der Waals surface area contributed by atoms with E-state index in [1.54, 1.807) is 11.8 Å². The van der Waals surface area contributed by atoms with Crippen molar-refractivity contribution in [3.63, 3.8) is 0 Å². The van der Waals surface area contributed by atoms with Crippen LogP contribution < -0.4 is 0 Å². The van der Waals surface area contributed by atoms with Gasteiger partial charge in [-0.25, -0.2) is 4.98 Å². The minimum absolute atomic E-state index is 0.232. The summed E-state index contributed by atoms with van der Waals surface area (Å²) in [5.74, 6) is 1.10. The maximum absolute atomic E-state index is 12.3. The molecule has 1 saturated heterocycles. The van der Waals surface area contributed by atoms with Gasteiger partial charge in [0.05, 0.1) is 24.2 Å². The molecule has 1 fully saturated rings. The first kappa shape index (κ1) is 18.1. The molecule has 27 heavy (non-hydrogen) atoms. The number of amides is 1. The van der Waals surface area contributed by atoms with Crippen molar-refractivity contribution >= 4 is 28.7 Å². The first-order valence-corrected chi connectivity index (χ1v) is 10.3. The molecule has 0 N–H and O–H groups in total. The summed E-state index contributed by atoms with van der Waals surface area (Å²) in [7, 11) is 0. The van der Waals surface area contributed by atoms with Crippen molar-refractivity contribution in [3.05, 3.63) is 54.6 Å². The average Bonchev–Trinajstić information content (AvgIpc) is 3.10. The van der Waals surface area contributed by atoms with E-state index in [0.29, 0.717) is 19.6 Å². The zero-order chi connectivity index (χ0) is 18.5. The predicted molar refractivity (Wildman–Crippen MR) is 108 cm³/mol. The molecule has 3 aromatic rings. The normalized spacial score (nSPS) is 14.6. The Balaban J connectivity index is 1.44. The Bertz CT molecular complexity index is 904. The lowest BCUT2D eigenvalue weighted by molar-refractivity contribution is -0.135. The van der Waals surface area contributed by atoms with Gasteiger partial charge in [0.25, 0.3) is 0 Å². The standard InChI is InChI=1S/C21H23N3O2S/c25-20(23-12-14-26-15-13-23)11-6-16-27-21-22-18-9-4-5-10-19(18)24(21)17-7-2-1-3-8-17/h1-5,7-10H,6,11-16H2. The van der Waals surface area contributed by atoms with Crippen molar-refractivity contribution in [3.8, 4) is 5.69 Å². The second kappa shape index (κ2) is 8.59. The summed E-state index contributed by atoms with van der Waals surface area (Å²) in [4.78, 5) is 19.0. The zero-order valence-corrected chi connectivity index (χ0v) is 16.0. The number of hydrogen-bond acceptors (Lipinski definition) is 4. The lowest BCUT2D eigenvalue weighted by atomic mass is 10.3. The van der Waals surface area contributed by atoms with Crippen LogP contribution in [0.15, 0.2) is 59.8 Å². The molecule has 1 aliphatic rings. The summed E-state index contributed by atoms with van der Waals surface area (Å²) in [6.07, 6.45) is 1.43. The van der Waals surface area contributed by atoms with Crippen LogP contribution in [-0.2, 0) is 9.53 Å². The smallest absolute Gasteiger partial charge is 0.222 e. The highest BCUT2D eigenvalue weighted by atomic mass is 32.2. The number of carbonyl (C=O) groups excluding carboxylic acids is 1. The Kier molecular flexibility index (Phi) is 5.75. The van der Waals surface area contributed by atoms with Gasteiger partial charge in [0.1, 0.15) is 0 Å². The molecule has 1 aromatic heterocycles. The van der Waals surface area contributed by atoms with Gasteiger partial charge in [-0.15, -0.1) is 0 Å². The van der Waals surface area contributed by atoms with Crippen LogP contribution in [-0.4, -0.2) is 52.4 Å². The van der Waals surface area contributed by atoms with Gasteiger partial charge in [-0.1, -0.05) is 42.1 Å². The van der Waals surface area contributed by atoms with E-state index in [2.05, 4.69) is 22.8 Å². The van der Waals surface area contributed by atoms with E-state index in [-0.39, 0.29) is 5.91 Å². The molecule has 4 rings (SSSR count). The Hall–Kier alpha value is -2.31. The topological polar surface area (TPSA) is 47.4 Å². The van der Waals surface area contributed by atoms with E-state index in [0.717, 1.165) is 47.1 Å². The Morgan fingerprint density at radius 1 is 1.04 bits per heavy atom. The molecular formula is C21H23N3O2S. The number of fused-ring (bicyclic) bond motifs is 1. The van der Waals surface area contributed by atoms with E-state index in [1.165, 1.54) is 0 Å². The Labute approximate surface area is 163 Å². The largest absolute Gasteiger partial charge is 0.378 e. The van der Waals surface area contributed by atoms with Gasteiger partial charge in [0, 0.05) is 31.0 Å². The van der Waals surface area contributed by atoms with E-state index >= 15 is 0 Å². The molecule has 0 bridgehead atoms. The molecule has 0 saturated carbocycles. The number of imidazole rings is 1. The minimum atomic E-state index is 0.232. The maximum atomic E-state index is 12.3. The van der Waals surface area contributed by atoms with Crippen LogP contribution in [0.1, 0.15) is 12.8 Å². The molecule has 2 heterocycles. The number of rotatable bonds is 6. The lowest BCUT2D eigenvalue weighted by Gasteiger charge is -2.26. The van der Waals surface area contributed by atoms with Crippen LogP contribution in [0, 0.1) is 0 Å². The van der Waals surface area contributed by atoms with Crippen molar-refractivity contribution in [2.24, 2.45) is 0 Å². The summed E-state index contributed by atoms with van der Waals surface area (Å²) < 4.78 is 7.51. The number of ether oxygens (including phenoxy) is 1. The summed E-state index contributed by atoms with van der Waals surface area (Å²) in [5, 5.41) is 0.973. The van der Waals surface area contributed by atoms with Crippen molar-refractivity contribution in [2.45, 2.75) is 18.0 Å². The highest BCUT2D eigenvalue weighted by Gasteiger charge is 2.17. The van der Waals surface area contributed by atoms with E-state index in [9.17, 15) is 4.79 Å². The third-order valence-corrected chi connectivity index (χ3v) is 5.70. The van der Waals surface area contributed by atoms with Gasteiger partial charge in [-0.05, 0) is 30.7 Å². The van der Waals surface area contributed by atoms with Gasteiger partial charge in [0.2, 0.25) is 5.91 Å². The second-order valence-corrected chi connectivity index (χ2v) is 7.56. The molecule has 1 amide bonds. The van der Waals surface area contributed by atoms with Gasteiger partial charge in [-0.3, -0.25) is 9.36 Å². The summed E-state index contributed by atoms with van der Waals surface area (Å²) in [6, 6.07) is 18.5. The summed E-state index contributed by atoms with van der Waals surface area (Å²) >= 11 is 1.71. The third-order valence-electron chi connectivity index (χ3n) is 4.67. The highest BCUT2D eigenvalue weighted by Crippen LogP contribution is 2.28. The quantitative estimate of drug-likeness (QED) is 0.482. The predicted octanol–water partition coefficient (Wildman–Crippen LogP) is 3.76. The van der Waals surface area contributed by atoms with Crippen LogP contribution in [0.3, 0.4) is 0 Å². The van der Waals surface area contributed by atoms with Crippen LogP contribution in [0.5, 0.6) is 0 Å². The summed E-state index contributed by atoms with van der Waals surface area (Å²) in [5.41, 5.74) is 3.21. The second-order valence-electron chi connectivity index (χ2n) is 6.50. The average molecular weight is 382 g/mol. The lowest BCUT2D eigenvalue weighted by Crippen LogP contribution is -2.40. The number of carbonyl (C=O) groups is 1. The van der Waals surface area contributed by atoms with Gasteiger partial charge in [0.15, 0.2) is 5.16 Å². The fourth-order valence-electron chi connectivity index (χ4n) is 3.29. The fraction of sp³-hybridized carbons (Fsp3) is 0.333. The molecule has 2 aromatic carbocycles. The number of thioether (sulfide) groups is 1. The van der Waals surface area contributed by atoms with Crippen molar-refractivity contribution in [1.82, 2.24) is 14.5 Å². The third kappa shape index (κ3) is 4.17. The van der Waals surface area contributed by atoms with Gasteiger partial charge in [-0.2, -0.15) is 0 Å². The molecule has 140 valence electrons. The van der Waals surface area contributed by atoms with E-state index in [4.69, 9.17) is 9.72 Å². The van der Waals surface area contributed by atoms with Gasteiger partial charge >= 0.3 is 0 Å². The number of aromatic nitrogens is 2. The Morgan fingerprint density at radius 3 is 2.59 bits per heavy atom. The number of para-hydroxylation sites is 3. The fourth-order valence-corrected chi connectivity index (χ4v) is 4.25. The van der Waals surface area contributed by atoms with Crippen LogP contribution in [0.25, 0.3) is 16.7 Å². The molecule has 0 atom stereocenters. The molecule has 5 nitrogen and oxygen atoms in total. The minimum Gasteiger partial charge on any atom is -0.378 e. The number of benzene rings is 2. The molecule has 6 heteroatoms. The molecule has 1 aliphatic heterocycles. The first-order chi connectivity index (χ1) is 13.3. The van der Waals surface area contributed by atoms with Gasteiger partial charge < -0.3 is 9.64 Å². The number of morpholine rings is 1. The SMILES string of the molecule is O=C(CCCSc1nc2ccccc2n1-c1ccccc1)N1CCOCC1. The first-order valence-electron chi connectivity index (χ1n) is 9.34. The van der Waals surface area contributed by atoms with Crippen LogP contribution >= 0.6 is 11.8 Å². The van der Waals surface area contributed by atoms with Crippen molar-refractivity contribution in [1.29, 1.82) is 0 Å². The van der Waals surface area contributed by atoms with Crippen molar-refractivity contribution < 1.29 is 9.53 Å². The maximum Gasteiger partial charge on any atom is 0.222 e. The van der Waals surface area contributed by atoms with E-state index in [1.807, 2.05) is 41.3 Å². The van der Waals surface area contributed by atoms with E-state index < -0.39 is 0 Å². The monoisotopic (exact) mass is 381 g/mol. The number of hydrogen-bond donors (Lipinski definition) is 0. The molecular weight excluding hydrogens is 358 g/mol. The Morgan fingerprint density at radius 2 is 1.78 bits per heavy atom. The van der Waals surface area contributed by atoms with Crippen LogP contribution in [0.2, 0.25) is 0 Å². The molecule has 0 spiro atoms. The highest BCUT2D eigenvalue weighted by molar-refractivity contribution is 7.99.